The van der Waals surface area contributed by atoms with Gasteiger partial charge in [0.1, 0.15) is 0 Å². The molecule has 0 saturated carbocycles. The summed E-state index contributed by atoms with van der Waals surface area (Å²) in [5, 5.41) is 3.51. The number of nitrogens with one attached hydrogen (secondary N) is 1. The Labute approximate surface area is 93.2 Å². The molecule has 0 aliphatic rings. The van der Waals surface area contributed by atoms with Crippen molar-refractivity contribution >= 4 is 0 Å². The molecular formula is C14H21N. The fourth-order valence-corrected chi connectivity index (χ4v) is 2.09. The molecular weight excluding hydrogens is 182 g/mol. The van der Waals surface area contributed by atoms with Crippen molar-refractivity contribution in [3.8, 4) is 0 Å². The standard InChI is InChI=1S/C14H21N/c1-5-8-13(15-6-2)14-11(3)9-7-10-12(14)4/h5,7,9-10,13,15H,1,6,8H2,2-4H3. The Morgan fingerprint density at radius 3 is 2.40 bits per heavy atom. The van der Waals surface area contributed by atoms with Crippen LogP contribution < -0.4 is 5.32 Å². The lowest BCUT2D eigenvalue weighted by Crippen LogP contribution is -2.22. The van der Waals surface area contributed by atoms with E-state index in [0.29, 0.717) is 6.04 Å². The first-order valence-corrected chi connectivity index (χ1v) is 5.61. The Hall–Kier alpha value is -1.08. The van der Waals surface area contributed by atoms with Crippen molar-refractivity contribution in [3.63, 3.8) is 0 Å². The molecule has 1 aromatic carbocycles. The predicted octanol–water partition coefficient (Wildman–Crippen LogP) is 3.53. The Bertz CT molecular complexity index is 308. The van der Waals surface area contributed by atoms with Crippen LogP contribution in [0.1, 0.15) is 36.1 Å². The van der Waals surface area contributed by atoms with Crippen molar-refractivity contribution < 1.29 is 0 Å². The van der Waals surface area contributed by atoms with E-state index in [1.165, 1.54) is 16.7 Å². The van der Waals surface area contributed by atoms with Gasteiger partial charge in [-0.15, -0.1) is 6.58 Å². The fraction of sp³-hybridized carbons (Fsp3) is 0.429. The zero-order valence-electron chi connectivity index (χ0n) is 10.0. The summed E-state index contributed by atoms with van der Waals surface area (Å²) < 4.78 is 0. The summed E-state index contributed by atoms with van der Waals surface area (Å²) in [7, 11) is 0. The molecule has 0 fully saturated rings. The van der Waals surface area contributed by atoms with Crippen molar-refractivity contribution in [3.05, 3.63) is 47.5 Å². The molecule has 0 aromatic heterocycles. The summed E-state index contributed by atoms with van der Waals surface area (Å²) in [6, 6.07) is 6.88. The molecule has 1 nitrogen and oxygen atoms in total. The molecule has 0 bridgehead atoms. The van der Waals surface area contributed by atoms with Crippen LogP contribution in [0.4, 0.5) is 0 Å². The van der Waals surface area contributed by atoms with E-state index in [0.717, 1.165) is 13.0 Å². The average Bonchev–Trinajstić information content (AvgIpc) is 2.18. The Morgan fingerprint density at radius 2 is 1.93 bits per heavy atom. The first-order chi connectivity index (χ1) is 7.20. The van der Waals surface area contributed by atoms with Crippen LogP contribution in [0.2, 0.25) is 0 Å². The molecule has 1 unspecified atom stereocenters. The van der Waals surface area contributed by atoms with E-state index in [1.54, 1.807) is 0 Å². The topological polar surface area (TPSA) is 12.0 Å². The number of hydrogen-bond acceptors (Lipinski definition) is 1. The van der Waals surface area contributed by atoms with Crippen LogP contribution in [0.3, 0.4) is 0 Å². The summed E-state index contributed by atoms with van der Waals surface area (Å²) >= 11 is 0. The quantitative estimate of drug-likeness (QED) is 0.722. The highest BCUT2D eigenvalue weighted by atomic mass is 14.9. The van der Waals surface area contributed by atoms with Crippen LogP contribution in [0.25, 0.3) is 0 Å². The highest BCUT2D eigenvalue weighted by Gasteiger charge is 2.12. The van der Waals surface area contributed by atoms with Gasteiger partial charge in [-0.05, 0) is 43.5 Å². The van der Waals surface area contributed by atoms with Crippen LogP contribution in [-0.4, -0.2) is 6.54 Å². The van der Waals surface area contributed by atoms with Crippen LogP contribution >= 0.6 is 0 Å². The zero-order valence-corrected chi connectivity index (χ0v) is 10.0. The van der Waals surface area contributed by atoms with Crippen molar-refractivity contribution in [2.75, 3.05) is 6.54 Å². The smallest absolute Gasteiger partial charge is 0.0359 e. The van der Waals surface area contributed by atoms with E-state index in [-0.39, 0.29) is 0 Å². The molecule has 82 valence electrons. The third-order valence-electron chi connectivity index (χ3n) is 2.74. The van der Waals surface area contributed by atoms with Crippen molar-refractivity contribution in [2.24, 2.45) is 0 Å². The predicted molar refractivity (Wildman–Crippen MR) is 67.1 cm³/mol. The molecule has 0 aliphatic heterocycles. The summed E-state index contributed by atoms with van der Waals surface area (Å²) in [5.74, 6) is 0. The molecule has 0 spiro atoms. The maximum Gasteiger partial charge on any atom is 0.0359 e. The Balaban J connectivity index is 3.03. The molecule has 1 atom stereocenters. The van der Waals surface area contributed by atoms with Crippen LogP contribution in [0.5, 0.6) is 0 Å². The lowest BCUT2D eigenvalue weighted by atomic mass is 9.94. The van der Waals surface area contributed by atoms with E-state index in [1.807, 2.05) is 6.08 Å². The normalized spacial score (nSPS) is 12.5. The molecule has 0 radical (unpaired) electrons. The minimum Gasteiger partial charge on any atom is -0.310 e. The molecule has 0 saturated heterocycles. The second kappa shape index (κ2) is 5.72. The molecule has 1 heteroatoms. The second-order valence-corrected chi connectivity index (χ2v) is 3.94. The minimum atomic E-state index is 0.411. The maximum atomic E-state index is 3.83. The van der Waals surface area contributed by atoms with Crippen molar-refractivity contribution in [2.45, 2.75) is 33.2 Å². The lowest BCUT2D eigenvalue weighted by molar-refractivity contribution is 0.554. The van der Waals surface area contributed by atoms with Crippen molar-refractivity contribution in [1.82, 2.24) is 5.32 Å². The number of hydrogen-bond donors (Lipinski definition) is 1. The first kappa shape index (κ1) is 12.0. The third-order valence-corrected chi connectivity index (χ3v) is 2.74. The van der Waals surface area contributed by atoms with Crippen LogP contribution in [-0.2, 0) is 0 Å². The summed E-state index contributed by atoms with van der Waals surface area (Å²) in [6.45, 7) is 11.3. The van der Waals surface area contributed by atoms with Crippen molar-refractivity contribution in [1.29, 1.82) is 0 Å². The second-order valence-electron chi connectivity index (χ2n) is 3.94. The molecule has 1 N–H and O–H groups in total. The van der Waals surface area contributed by atoms with E-state index >= 15 is 0 Å². The number of benzene rings is 1. The molecule has 15 heavy (non-hydrogen) atoms. The van der Waals surface area contributed by atoms with Gasteiger partial charge in [0, 0.05) is 6.04 Å². The van der Waals surface area contributed by atoms with Gasteiger partial charge >= 0.3 is 0 Å². The molecule has 0 heterocycles. The van der Waals surface area contributed by atoms with Crippen LogP contribution in [0, 0.1) is 13.8 Å². The summed E-state index contributed by atoms with van der Waals surface area (Å²) in [6.07, 6.45) is 2.97. The third kappa shape index (κ3) is 2.93. The van der Waals surface area contributed by atoms with Gasteiger partial charge in [0.2, 0.25) is 0 Å². The summed E-state index contributed by atoms with van der Waals surface area (Å²) in [5.41, 5.74) is 4.16. The van der Waals surface area contributed by atoms with E-state index in [4.69, 9.17) is 0 Å². The fourth-order valence-electron chi connectivity index (χ4n) is 2.09. The largest absolute Gasteiger partial charge is 0.310 e. The SMILES string of the molecule is C=CCC(NCC)c1c(C)cccc1C. The van der Waals surface area contributed by atoms with Gasteiger partial charge < -0.3 is 5.32 Å². The van der Waals surface area contributed by atoms with Gasteiger partial charge in [-0.3, -0.25) is 0 Å². The highest BCUT2D eigenvalue weighted by Crippen LogP contribution is 2.24. The monoisotopic (exact) mass is 203 g/mol. The van der Waals surface area contributed by atoms with Gasteiger partial charge in [-0.2, -0.15) is 0 Å². The van der Waals surface area contributed by atoms with Gasteiger partial charge in [0.25, 0.3) is 0 Å². The van der Waals surface area contributed by atoms with Gasteiger partial charge in [0.05, 0.1) is 0 Å². The van der Waals surface area contributed by atoms with Gasteiger partial charge in [-0.1, -0.05) is 31.2 Å². The Morgan fingerprint density at radius 1 is 1.33 bits per heavy atom. The van der Waals surface area contributed by atoms with E-state index < -0.39 is 0 Å². The number of rotatable bonds is 5. The minimum absolute atomic E-state index is 0.411. The highest BCUT2D eigenvalue weighted by molar-refractivity contribution is 5.36. The van der Waals surface area contributed by atoms with E-state index in [2.05, 4.69) is 50.9 Å². The van der Waals surface area contributed by atoms with E-state index in [9.17, 15) is 0 Å². The van der Waals surface area contributed by atoms with Gasteiger partial charge in [-0.25, -0.2) is 0 Å². The average molecular weight is 203 g/mol. The first-order valence-electron chi connectivity index (χ1n) is 5.61. The maximum absolute atomic E-state index is 3.83. The molecule has 1 rings (SSSR count). The Kier molecular flexibility index (Phi) is 4.57. The lowest BCUT2D eigenvalue weighted by Gasteiger charge is -2.21. The molecule has 0 amide bonds. The molecule has 1 aromatic rings. The number of aryl methyl sites for hydroxylation is 2. The zero-order chi connectivity index (χ0) is 11.3. The summed E-state index contributed by atoms with van der Waals surface area (Å²) in [4.78, 5) is 0. The van der Waals surface area contributed by atoms with Crippen LogP contribution in [0.15, 0.2) is 30.9 Å². The molecule has 0 aliphatic carbocycles. The van der Waals surface area contributed by atoms with Gasteiger partial charge in [0.15, 0.2) is 0 Å².